The Labute approximate surface area is 128 Å². The van der Waals surface area contributed by atoms with Crippen LogP contribution >= 0.6 is 15.9 Å². The summed E-state index contributed by atoms with van der Waals surface area (Å²) in [5.74, 6) is 0.837. The molecule has 1 aromatic heterocycles. The van der Waals surface area contributed by atoms with Crippen LogP contribution in [0.15, 0.2) is 47.2 Å². The van der Waals surface area contributed by atoms with Crippen LogP contribution in [0.25, 0.3) is 0 Å². The van der Waals surface area contributed by atoms with Crippen LogP contribution in [-0.4, -0.2) is 11.0 Å². The molecule has 0 fully saturated rings. The molecule has 1 heterocycles. The molecule has 3 nitrogen and oxygen atoms in total. The summed E-state index contributed by atoms with van der Waals surface area (Å²) in [5, 5.41) is 3.39. The lowest BCUT2D eigenvalue weighted by Gasteiger charge is -2.13. The number of benzene rings is 1. The van der Waals surface area contributed by atoms with Crippen molar-refractivity contribution in [3.8, 4) is 5.75 Å². The summed E-state index contributed by atoms with van der Waals surface area (Å²) in [7, 11) is 0. The maximum Gasteiger partial charge on any atom is 0.142 e. The third-order valence-corrected chi connectivity index (χ3v) is 3.41. The lowest BCUT2D eigenvalue weighted by molar-refractivity contribution is 0.300. The predicted octanol–water partition coefficient (Wildman–Crippen LogP) is 3.92. The maximum atomic E-state index is 5.88. The molecule has 0 spiro atoms. The molecule has 0 unspecified atom stereocenters. The van der Waals surface area contributed by atoms with Gasteiger partial charge < -0.3 is 10.1 Å². The SMILES string of the molecule is CC(C)NCc1ccncc1OCc1ccc(Br)cc1. The van der Waals surface area contributed by atoms with Crippen LogP contribution < -0.4 is 10.1 Å². The van der Waals surface area contributed by atoms with Gasteiger partial charge in [0.25, 0.3) is 0 Å². The number of pyridine rings is 1. The van der Waals surface area contributed by atoms with Crippen molar-refractivity contribution < 1.29 is 4.74 Å². The molecule has 4 heteroatoms. The molecule has 1 aromatic carbocycles. The number of aromatic nitrogens is 1. The third kappa shape index (κ3) is 4.62. The predicted molar refractivity (Wildman–Crippen MR) is 84.7 cm³/mol. The first-order valence-electron chi connectivity index (χ1n) is 6.68. The quantitative estimate of drug-likeness (QED) is 0.869. The largest absolute Gasteiger partial charge is 0.487 e. The van der Waals surface area contributed by atoms with Gasteiger partial charge in [-0.2, -0.15) is 0 Å². The van der Waals surface area contributed by atoms with Crippen molar-refractivity contribution in [3.05, 3.63) is 58.3 Å². The lowest BCUT2D eigenvalue weighted by Crippen LogP contribution is -2.22. The number of hydrogen-bond acceptors (Lipinski definition) is 3. The van der Waals surface area contributed by atoms with Gasteiger partial charge in [0.15, 0.2) is 0 Å². The van der Waals surface area contributed by atoms with Crippen LogP contribution in [0, 0.1) is 0 Å². The number of ether oxygens (including phenoxy) is 1. The fourth-order valence-corrected chi connectivity index (χ4v) is 2.00. The molecular weight excluding hydrogens is 316 g/mol. The van der Waals surface area contributed by atoms with E-state index in [1.165, 1.54) is 0 Å². The number of nitrogens with one attached hydrogen (secondary N) is 1. The molecule has 1 N–H and O–H groups in total. The van der Waals surface area contributed by atoms with Crippen molar-refractivity contribution in [2.75, 3.05) is 0 Å². The van der Waals surface area contributed by atoms with Crippen molar-refractivity contribution in [1.82, 2.24) is 10.3 Å². The molecule has 0 aliphatic carbocycles. The van der Waals surface area contributed by atoms with Gasteiger partial charge in [-0.1, -0.05) is 41.9 Å². The lowest BCUT2D eigenvalue weighted by atomic mass is 10.2. The van der Waals surface area contributed by atoms with E-state index >= 15 is 0 Å². The minimum absolute atomic E-state index is 0.447. The fourth-order valence-electron chi connectivity index (χ4n) is 1.74. The van der Waals surface area contributed by atoms with E-state index in [4.69, 9.17) is 4.74 Å². The summed E-state index contributed by atoms with van der Waals surface area (Å²) in [6, 6.07) is 10.6. The Morgan fingerprint density at radius 3 is 2.65 bits per heavy atom. The van der Waals surface area contributed by atoms with Crippen LogP contribution in [0.2, 0.25) is 0 Å². The van der Waals surface area contributed by atoms with Gasteiger partial charge >= 0.3 is 0 Å². The van der Waals surface area contributed by atoms with E-state index < -0.39 is 0 Å². The standard InChI is InChI=1S/C16H19BrN2O/c1-12(2)19-9-14-7-8-18-10-16(14)20-11-13-3-5-15(17)6-4-13/h3-8,10,12,19H,9,11H2,1-2H3. The normalized spacial score (nSPS) is 10.8. The summed E-state index contributed by atoms with van der Waals surface area (Å²) in [6.45, 7) is 5.59. The Hall–Kier alpha value is -1.39. The Morgan fingerprint density at radius 2 is 1.95 bits per heavy atom. The van der Waals surface area contributed by atoms with Gasteiger partial charge in [0, 0.05) is 28.8 Å². The molecular formula is C16H19BrN2O. The van der Waals surface area contributed by atoms with Crippen LogP contribution in [0.1, 0.15) is 25.0 Å². The zero-order chi connectivity index (χ0) is 14.4. The van der Waals surface area contributed by atoms with Crippen molar-refractivity contribution in [2.45, 2.75) is 33.0 Å². The summed E-state index contributed by atoms with van der Waals surface area (Å²) in [6.07, 6.45) is 3.57. The first-order valence-corrected chi connectivity index (χ1v) is 7.48. The summed E-state index contributed by atoms with van der Waals surface area (Å²) in [4.78, 5) is 4.14. The van der Waals surface area contributed by atoms with E-state index in [1.807, 2.05) is 30.3 Å². The van der Waals surface area contributed by atoms with Crippen LogP contribution in [0.3, 0.4) is 0 Å². The van der Waals surface area contributed by atoms with Crippen LogP contribution in [0.4, 0.5) is 0 Å². The molecule has 0 saturated heterocycles. The second-order valence-electron chi connectivity index (χ2n) is 4.93. The Morgan fingerprint density at radius 1 is 1.20 bits per heavy atom. The van der Waals surface area contributed by atoms with Crippen molar-refractivity contribution in [2.24, 2.45) is 0 Å². The van der Waals surface area contributed by atoms with Gasteiger partial charge in [-0.25, -0.2) is 0 Å². The minimum atomic E-state index is 0.447. The Kier molecular flexibility index (Phi) is 5.56. The highest BCUT2D eigenvalue weighted by Gasteiger charge is 2.05. The molecule has 0 saturated carbocycles. The van der Waals surface area contributed by atoms with E-state index in [-0.39, 0.29) is 0 Å². The summed E-state index contributed by atoms with van der Waals surface area (Å²) >= 11 is 3.43. The highest BCUT2D eigenvalue weighted by Crippen LogP contribution is 2.19. The zero-order valence-electron chi connectivity index (χ0n) is 11.8. The number of rotatable bonds is 6. The smallest absolute Gasteiger partial charge is 0.142 e. The van der Waals surface area contributed by atoms with Crippen molar-refractivity contribution in [3.63, 3.8) is 0 Å². The van der Waals surface area contributed by atoms with Gasteiger partial charge in [-0.15, -0.1) is 0 Å². The minimum Gasteiger partial charge on any atom is -0.487 e. The second kappa shape index (κ2) is 7.41. The first kappa shape index (κ1) is 15.0. The molecule has 0 aliphatic heterocycles. The average Bonchev–Trinajstić information content (AvgIpc) is 2.45. The van der Waals surface area contributed by atoms with Gasteiger partial charge in [0.05, 0.1) is 6.20 Å². The van der Waals surface area contributed by atoms with Crippen LogP contribution in [-0.2, 0) is 13.2 Å². The average molecular weight is 335 g/mol. The van der Waals surface area contributed by atoms with Crippen molar-refractivity contribution in [1.29, 1.82) is 0 Å². The van der Waals surface area contributed by atoms with Crippen LogP contribution in [0.5, 0.6) is 5.75 Å². The number of hydrogen-bond donors (Lipinski definition) is 1. The molecule has 2 rings (SSSR count). The van der Waals surface area contributed by atoms with E-state index in [2.05, 4.69) is 40.1 Å². The molecule has 0 bridgehead atoms. The molecule has 106 valence electrons. The van der Waals surface area contributed by atoms with E-state index in [0.29, 0.717) is 12.6 Å². The monoisotopic (exact) mass is 334 g/mol. The van der Waals surface area contributed by atoms with E-state index in [9.17, 15) is 0 Å². The van der Waals surface area contributed by atoms with Gasteiger partial charge in [0.2, 0.25) is 0 Å². The highest BCUT2D eigenvalue weighted by molar-refractivity contribution is 9.10. The third-order valence-electron chi connectivity index (χ3n) is 2.88. The Balaban J connectivity index is 1.99. The molecule has 2 aromatic rings. The Bertz CT molecular complexity index is 540. The molecule has 0 atom stereocenters. The van der Waals surface area contributed by atoms with Crippen molar-refractivity contribution >= 4 is 15.9 Å². The second-order valence-corrected chi connectivity index (χ2v) is 5.85. The number of halogens is 1. The molecule has 20 heavy (non-hydrogen) atoms. The first-order chi connectivity index (χ1) is 9.65. The summed E-state index contributed by atoms with van der Waals surface area (Å²) < 4.78 is 6.95. The molecule has 0 amide bonds. The number of nitrogens with zero attached hydrogens (tertiary/aromatic N) is 1. The maximum absolute atomic E-state index is 5.88. The fraction of sp³-hybridized carbons (Fsp3) is 0.312. The topological polar surface area (TPSA) is 34.2 Å². The van der Waals surface area contributed by atoms with E-state index in [0.717, 1.165) is 27.9 Å². The highest BCUT2D eigenvalue weighted by atomic mass is 79.9. The van der Waals surface area contributed by atoms with Gasteiger partial charge in [0.1, 0.15) is 12.4 Å². The van der Waals surface area contributed by atoms with E-state index in [1.54, 1.807) is 12.4 Å². The molecule has 0 aliphatic rings. The summed E-state index contributed by atoms with van der Waals surface area (Å²) in [5.41, 5.74) is 2.27. The zero-order valence-corrected chi connectivity index (χ0v) is 13.4. The molecule has 0 radical (unpaired) electrons. The van der Waals surface area contributed by atoms with Gasteiger partial charge in [-0.3, -0.25) is 4.98 Å². The van der Waals surface area contributed by atoms with Gasteiger partial charge in [-0.05, 0) is 23.8 Å².